The minimum atomic E-state index is -0.562. The Kier molecular flexibility index (Phi) is 7.06. The zero-order valence-corrected chi connectivity index (χ0v) is 19.2. The number of fused-ring (bicyclic) bond motifs is 1. The number of benzene rings is 2. The second-order valence-electron chi connectivity index (χ2n) is 7.95. The first-order chi connectivity index (χ1) is 16.1. The summed E-state index contributed by atoms with van der Waals surface area (Å²) in [6.07, 6.45) is 4.03. The fourth-order valence-electron chi connectivity index (χ4n) is 4.08. The number of nitriles is 1. The largest absolute Gasteiger partial charge is 0.497 e. The van der Waals surface area contributed by atoms with Crippen molar-refractivity contribution in [3.8, 4) is 11.8 Å². The number of aryl methyl sites for hydroxylation is 1. The summed E-state index contributed by atoms with van der Waals surface area (Å²) in [4.78, 5) is 27.1. The smallest absolute Gasteiger partial charge is 0.251 e. The molecule has 3 aromatic rings. The summed E-state index contributed by atoms with van der Waals surface area (Å²) in [5, 5.41) is 16.2. The first-order valence-electron chi connectivity index (χ1n) is 10.9. The lowest BCUT2D eigenvalue weighted by molar-refractivity contribution is -0.116. The first-order valence-corrected chi connectivity index (χ1v) is 11.7. The van der Waals surface area contributed by atoms with E-state index in [1.54, 1.807) is 31.4 Å². The van der Waals surface area contributed by atoms with E-state index in [2.05, 4.69) is 16.7 Å². The van der Waals surface area contributed by atoms with Crippen LogP contribution in [0, 0.1) is 11.3 Å². The first kappa shape index (κ1) is 22.6. The summed E-state index contributed by atoms with van der Waals surface area (Å²) in [6, 6.07) is 17.9. The van der Waals surface area contributed by atoms with Gasteiger partial charge in [-0.2, -0.15) is 5.26 Å². The molecule has 7 heteroatoms. The van der Waals surface area contributed by atoms with Gasteiger partial charge in [-0.3, -0.25) is 9.59 Å². The van der Waals surface area contributed by atoms with Crippen molar-refractivity contribution < 1.29 is 14.3 Å². The zero-order chi connectivity index (χ0) is 23.2. The summed E-state index contributed by atoms with van der Waals surface area (Å²) >= 11 is 1.49. The molecular weight excluding hydrogens is 434 g/mol. The number of ether oxygens (including phenoxy) is 1. The van der Waals surface area contributed by atoms with E-state index in [1.807, 2.05) is 30.3 Å². The Hall–Kier alpha value is -3.63. The van der Waals surface area contributed by atoms with Crippen LogP contribution < -0.4 is 15.4 Å². The number of nitrogens with one attached hydrogen (secondary N) is 2. The lowest BCUT2D eigenvalue weighted by Crippen LogP contribution is -2.31. The lowest BCUT2D eigenvalue weighted by atomic mass is 9.96. The van der Waals surface area contributed by atoms with E-state index >= 15 is 0 Å². The lowest BCUT2D eigenvalue weighted by Gasteiger charge is -2.19. The van der Waals surface area contributed by atoms with Gasteiger partial charge in [0.1, 0.15) is 16.8 Å². The highest BCUT2D eigenvalue weighted by Crippen LogP contribution is 2.38. The van der Waals surface area contributed by atoms with Crippen molar-refractivity contribution in [3.05, 3.63) is 81.7 Å². The molecule has 1 atom stereocenters. The van der Waals surface area contributed by atoms with Gasteiger partial charge in [-0.25, -0.2) is 0 Å². The second-order valence-corrected chi connectivity index (χ2v) is 9.05. The third-order valence-corrected chi connectivity index (χ3v) is 6.97. The minimum absolute atomic E-state index is 0.0270. The zero-order valence-electron chi connectivity index (χ0n) is 18.4. The number of hydrogen-bond acceptors (Lipinski definition) is 5. The highest BCUT2D eigenvalue weighted by atomic mass is 32.1. The van der Waals surface area contributed by atoms with Crippen molar-refractivity contribution >= 4 is 28.2 Å². The summed E-state index contributed by atoms with van der Waals surface area (Å²) in [5.41, 5.74) is 2.93. The molecule has 0 aliphatic heterocycles. The standard InChI is InChI=1S/C26H25N3O3S/c1-32-19-11-7-10-18(14-19)22(28-25(31)17-8-3-2-4-9-17)15-24(30)29-26-21(16-27)20-12-5-6-13-23(20)33-26/h2-4,7-11,14,22H,5-6,12-13,15H2,1H3,(H,28,31)(H,29,30)/t22-/m0/s1. The molecule has 1 aliphatic carbocycles. The maximum absolute atomic E-state index is 13.1. The number of amides is 2. The van der Waals surface area contributed by atoms with Gasteiger partial charge in [0, 0.05) is 10.4 Å². The van der Waals surface area contributed by atoms with E-state index in [1.165, 1.54) is 16.2 Å². The summed E-state index contributed by atoms with van der Waals surface area (Å²) in [6.45, 7) is 0. The number of carbonyl (C=O) groups excluding carboxylic acids is 2. The molecule has 33 heavy (non-hydrogen) atoms. The molecule has 1 aromatic heterocycles. The van der Waals surface area contributed by atoms with Crippen molar-refractivity contribution in [1.82, 2.24) is 5.32 Å². The van der Waals surface area contributed by atoms with Crippen LogP contribution in [0.2, 0.25) is 0 Å². The number of hydrogen-bond donors (Lipinski definition) is 2. The molecule has 168 valence electrons. The van der Waals surface area contributed by atoms with Crippen LogP contribution in [0.15, 0.2) is 54.6 Å². The molecule has 0 saturated carbocycles. The molecule has 0 unspecified atom stereocenters. The molecule has 1 aliphatic rings. The van der Waals surface area contributed by atoms with Crippen molar-refractivity contribution in [3.63, 3.8) is 0 Å². The number of thiophene rings is 1. The van der Waals surface area contributed by atoms with E-state index in [9.17, 15) is 14.9 Å². The average Bonchev–Trinajstić information content (AvgIpc) is 3.20. The van der Waals surface area contributed by atoms with Crippen molar-refractivity contribution in [2.24, 2.45) is 0 Å². The van der Waals surface area contributed by atoms with Gasteiger partial charge in [0.2, 0.25) is 5.91 Å². The fourth-order valence-corrected chi connectivity index (χ4v) is 5.33. The molecule has 2 amide bonds. The third-order valence-electron chi connectivity index (χ3n) is 5.76. The molecule has 2 aromatic carbocycles. The Labute approximate surface area is 197 Å². The molecule has 0 bridgehead atoms. The Bertz CT molecular complexity index is 1200. The topological polar surface area (TPSA) is 91.2 Å². The Balaban J connectivity index is 1.56. The van der Waals surface area contributed by atoms with Crippen molar-refractivity contribution in [1.29, 1.82) is 5.26 Å². The van der Waals surface area contributed by atoms with Gasteiger partial charge < -0.3 is 15.4 Å². The van der Waals surface area contributed by atoms with Gasteiger partial charge in [-0.05, 0) is 61.1 Å². The molecule has 2 N–H and O–H groups in total. The number of anilines is 1. The average molecular weight is 460 g/mol. The quantitative estimate of drug-likeness (QED) is 0.520. The third kappa shape index (κ3) is 5.24. The Morgan fingerprint density at radius 3 is 2.67 bits per heavy atom. The predicted molar refractivity (Wildman–Crippen MR) is 129 cm³/mol. The summed E-state index contributed by atoms with van der Waals surface area (Å²) in [5.74, 6) is 0.122. The Morgan fingerprint density at radius 2 is 1.91 bits per heavy atom. The number of nitrogens with zero attached hydrogens (tertiary/aromatic N) is 1. The highest BCUT2D eigenvalue weighted by Gasteiger charge is 2.24. The minimum Gasteiger partial charge on any atom is -0.497 e. The molecule has 0 fully saturated rings. The van der Waals surface area contributed by atoms with E-state index < -0.39 is 6.04 Å². The van der Waals surface area contributed by atoms with Crippen molar-refractivity contribution in [2.45, 2.75) is 38.1 Å². The molecule has 1 heterocycles. The number of rotatable bonds is 7. The molecule has 0 spiro atoms. The van der Waals surface area contributed by atoms with Crippen LogP contribution in [-0.2, 0) is 17.6 Å². The van der Waals surface area contributed by atoms with Gasteiger partial charge in [0.05, 0.1) is 25.1 Å². The van der Waals surface area contributed by atoms with Gasteiger partial charge in [0.15, 0.2) is 0 Å². The van der Waals surface area contributed by atoms with E-state index in [0.29, 0.717) is 21.9 Å². The van der Waals surface area contributed by atoms with Crippen LogP contribution in [0.4, 0.5) is 5.00 Å². The molecular formula is C26H25N3O3S. The molecule has 0 radical (unpaired) electrons. The van der Waals surface area contributed by atoms with Gasteiger partial charge in [-0.1, -0.05) is 30.3 Å². The SMILES string of the molecule is COc1cccc([C@H](CC(=O)Nc2sc3c(c2C#N)CCCC3)NC(=O)c2ccccc2)c1. The van der Waals surface area contributed by atoms with E-state index in [0.717, 1.165) is 36.8 Å². The van der Waals surface area contributed by atoms with E-state index in [-0.39, 0.29) is 18.2 Å². The second kappa shape index (κ2) is 10.3. The van der Waals surface area contributed by atoms with Crippen molar-refractivity contribution in [2.75, 3.05) is 12.4 Å². The van der Waals surface area contributed by atoms with Gasteiger partial charge in [-0.15, -0.1) is 11.3 Å². The normalized spacial score (nSPS) is 13.3. The molecule has 4 rings (SSSR count). The van der Waals surface area contributed by atoms with Crippen LogP contribution in [-0.4, -0.2) is 18.9 Å². The maximum atomic E-state index is 13.1. The van der Waals surface area contributed by atoms with Crippen LogP contribution in [0.3, 0.4) is 0 Å². The van der Waals surface area contributed by atoms with Gasteiger partial charge >= 0.3 is 0 Å². The van der Waals surface area contributed by atoms with Gasteiger partial charge in [0.25, 0.3) is 5.91 Å². The predicted octanol–water partition coefficient (Wildman–Crippen LogP) is 5.01. The van der Waals surface area contributed by atoms with Crippen LogP contribution in [0.25, 0.3) is 0 Å². The van der Waals surface area contributed by atoms with E-state index in [4.69, 9.17) is 4.74 Å². The monoisotopic (exact) mass is 459 g/mol. The molecule has 6 nitrogen and oxygen atoms in total. The summed E-state index contributed by atoms with van der Waals surface area (Å²) < 4.78 is 5.32. The molecule has 0 saturated heterocycles. The highest BCUT2D eigenvalue weighted by molar-refractivity contribution is 7.16. The number of carbonyl (C=O) groups is 2. The Morgan fingerprint density at radius 1 is 1.12 bits per heavy atom. The van der Waals surface area contributed by atoms with Crippen LogP contribution >= 0.6 is 11.3 Å². The summed E-state index contributed by atoms with van der Waals surface area (Å²) in [7, 11) is 1.57. The fraction of sp³-hybridized carbons (Fsp3) is 0.269. The maximum Gasteiger partial charge on any atom is 0.251 e. The van der Waals surface area contributed by atoms with Crippen LogP contribution in [0.1, 0.15) is 57.2 Å². The number of methoxy groups -OCH3 is 1. The van der Waals surface area contributed by atoms with Crippen LogP contribution in [0.5, 0.6) is 5.75 Å².